The Morgan fingerprint density at radius 2 is 2.00 bits per heavy atom. The molecule has 3 N–H and O–H groups in total. The minimum atomic E-state index is -0.633. The summed E-state index contributed by atoms with van der Waals surface area (Å²) in [6, 6.07) is 9.12. The molecule has 0 bridgehead atoms. The van der Waals surface area contributed by atoms with E-state index < -0.39 is 11.4 Å². The van der Waals surface area contributed by atoms with Gasteiger partial charge in [0.05, 0.1) is 18.0 Å². The van der Waals surface area contributed by atoms with Gasteiger partial charge >= 0.3 is 0 Å². The molecular formula is C24H28N6O2S. The fraction of sp³-hybridized carbons (Fsp3) is 0.500. The fourth-order valence-corrected chi connectivity index (χ4v) is 5.89. The number of likely N-dealkylation sites (tertiary alicyclic amines) is 1. The van der Waals surface area contributed by atoms with Crippen LogP contribution >= 0.6 is 11.8 Å². The number of aromatic nitrogens is 2. The van der Waals surface area contributed by atoms with Crippen LogP contribution in [-0.2, 0) is 28.4 Å². The Morgan fingerprint density at radius 3 is 2.70 bits per heavy atom. The van der Waals surface area contributed by atoms with E-state index in [1.165, 1.54) is 16.7 Å². The standard InChI is InChI=1S/C24H28N6O2S/c25-8-5-24(30-13-20(21(26)31)22(28-30)27-23(32)17-3-4-17)6-9-29(10-7-24)12-16-1-2-18-14-33-15-19(18)11-16/h1-2,11,13,17H,3-7,9-10,12,14-15H2,(H2,26,31)(H,27,28,32). The van der Waals surface area contributed by atoms with Gasteiger partial charge in [0.1, 0.15) is 5.56 Å². The molecule has 1 aromatic carbocycles. The summed E-state index contributed by atoms with van der Waals surface area (Å²) in [6.45, 7) is 2.53. The van der Waals surface area contributed by atoms with Crippen molar-refractivity contribution in [3.05, 3.63) is 46.6 Å². The Hall–Kier alpha value is -2.83. The molecule has 2 amide bonds. The number of amides is 2. The number of rotatable bonds is 7. The van der Waals surface area contributed by atoms with Gasteiger partial charge in [-0.15, -0.1) is 0 Å². The van der Waals surface area contributed by atoms with Gasteiger partial charge in [0, 0.05) is 43.3 Å². The lowest BCUT2D eigenvalue weighted by molar-refractivity contribution is -0.117. The molecular weight excluding hydrogens is 436 g/mol. The molecule has 1 aromatic heterocycles. The molecule has 3 heterocycles. The van der Waals surface area contributed by atoms with Gasteiger partial charge in [0.15, 0.2) is 5.82 Å². The topological polar surface area (TPSA) is 117 Å². The Bertz CT molecular complexity index is 1120. The van der Waals surface area contributed by atoms with Crippen LogP contribution in [0.5, 0.6) is 0 Å². The molecule has 8 nitrogen and oxygen atoms in total. The maximum Gasteiger partial charge on any atom is 0.254 e. The van der Waals surface area contributed by atoms with Crippen LogP contribution in [0.1, 0.15) is 59.2 Å². The number of nitrogens with zero attached hydrogens (tertiary/aromatic N) is 4. The molecule has 3 aliphatic rings. The Kier molecular flexibility index (Phi) is 5.89. The predicted molar refractivity (Wildman–Crippen MR) is 126 cm³/mol. The number of hydrogen-bond acceptors (Lipinski definition) is 6. The van der Waals surface area contributed by atoms with Gasteiger partial charge in [0.25, 0.3) is 5.91 Å². The highest BCUT2D eigenvalue weighted by atomic mass is 32.2. The van der Waals surface area contributed by atoms with E-state index in [9.17, 15) is 14.9 Å². The molecule has 0 atom stereocenters. The van der Waals surface area contributed by atoms with Crippen molar-refractivity contribution in [3.63, 3.8) is 0 Å². The monoisotopic (exact) mass is 464 g/mol. The zero-order valence-corrected chi connectivity index (χ0v) is 19.4. The first kappa shape index (κ1) is 22.0. The van der Waals surface area contributed by atoms with E-state index in [0.717, 1.165) is 56.8 Å². The summed E-state index contributed by atoms with van der Waals surface area (Å²) in [5.41, 5.74) is 9.46. The van der Waals surface area contributed by atoms with Gasteiger partial charge in [-0.2, -0.15) is 22.1 Å². The maximum absolute atomic E-state index is 12.3. The summed E-state index contributed by atoms with van der Waals surface area (Å²) < 4.78 is 1.71. The lowest BCUT2D eigenvalue weighted by atomic mass is 9.84. The average Bonchev–Trinajstić information content (AvgIpc) is 3.40. The van der Waals surface area contributed by atoms with E-state index in [4.69, 9.17) is 5.73 Å². The van der Waals surface area contributed by atoms with Crippen LogP contribution in [-0.4, -0.2) is 39.6 Å². The Labute approximate surface area is 197 Å². The van der Waals surface area contributed by atoms with Crippen molar-refractivity contribution in [1.29, 1.82) is 5.26 Å². The number of benzene rings is 1. The number of hydrogen-bond donors (Lipinski definition) is 2. The second kappa shape index (κ2) is 8.84. The van der Waals surface area contributed by atoms with Crippen LogP contribution in [0.25, 0.3) is 0 Å². The summed E-state index contributed by atoms with van der Waals surface area (Å²) in [5.74, 6) is 1.64. The molecule has 2 fully saturated rings. The van der Waals surface area contributed by atoms with Gasteiger partial charge in [-0.05, 0) is 42.4 Å². The van der Waals surface area contributed by atoms with E-state index in [1.807, 2.05) is 11.8 Å². The second-order valence-electron chi connectivity index (χ2n) is 9.39. The van der Waals surface area contributed by atoms with Gasteiger partial charge in [-0.25, -0.2) is 0 Å². The van der Waals surface area contributed by atoms with Gasteiger partial charge in [0.2, 0.25) is 5.91 Å². The van der Waals surface area contributed by atoms with Crippen LogP contribution < -0.4 is 11.1 Å². The number of nitrogens with one attached hydrogen (secondary N) is 1. The number of nitrogens with two attached hydrogens (primary N) is 1. The zero-order valence-electron chi connectivity index (χ0n) is 18.5. The number of thioether (sulfide) groups is 1. The quantitative estimate of drug-likeness (QED) is 0.651. The lowest BCUT2D eigenvalue weighted by Gasteiger charge is -2.40. The smallest absolute Gasteiger partial charge is 0.254 e. The van der Waals surface area contributed by atoms with Crippen molar-refractivity contribution in [1.82, 2.24) is 14.7 Å². The number of piperidine rings is 1. The van der Waals surface area contributed by atoms with Crippen molar-refractivity contribution in [3.8, 4) is 6.07 Å². The highest BCUT2D eigenvalue weighted by molar-refractivity contribution is 7.98. The largest absolute Gasteiger partial charge is 0.365 e. The maximum atomic E-state index is 12.3. The van der Waals surface area contributed by atoms with Crippen LogP contribution in [0.15, 0.2) is 24.4 Å². The molecule has 9 heteroatoms. The highest BCUT2D eigenvalue weighted by Gasteiger charge is 2.39. The molecule has 5 rings (SSSR count). The third-order valence-electron chi connectivity index (χ3n) is 7.04. The second-order valence-corrected chi connectivity index (χ2v) is 10.4. The van der Waals surface area contributed by atoms with Gasteiger partial charge in [-0.1, -0.05) is 18.2 Å². The van der Waals surface area contributed by atoms with Gasteiger partial charge in [-0.3, -0.25) is 19.2 Å². The molecule has 33 heavy (non-hydrogen) atoms. The summed E-state index contributed by atoms with van der Waals surface area (Å²) in [5, 5.41) is 16.9. The molecule has 172 valence electrons. The van der Waals surface area contributed by atoms with Crippen LogP contribution in [0, 0.1) is 17.2 Å². The van der Waals surface area contributed by atoms with E-state index >= 15 is 0 Å². The lowest BCUT2D eigenvalue weighted by Crippen LogP contribution is -2.46. The minimum Gasteiger partial charge on any atom is -0.365 e. The third kappa shape index (κ3) is 4.50. The molecule has 1 aliphatic carbocycles. The molecule has 2 aromatic rings. The number of carbonyl (C=O) groups is 2. The Balaban J connectivity index is 1.32. The van der Waals surface area contributed by atoms with Crippen molar-refractivity contribution in [2.75, 3.05) is 18.4 Å². The summed E-state index contributed by atoms with van der Waals surface area (Å²) in [7, 11) is 0. The molecule has 1 saturated heterocycles. The summed E-state index contributed by atoms with van der Waals surface area (Å²) in [4.78, 5) is 26.7. The molecule has 0 radical (unpaired) electrons. The minimum absolute atomic E-state index is 0.00926. The average molecular weight is 465 g/mol. The number of primary amides is 1. The number of fused-ring (bicyclic) bond motifs is 1. The number of nitriles is 1. The van der Waals surface area contributed by atoms with Crippen LogP contribution in [0.4, 0.5) is 5.82 Å². The predicted octanol–water partition coefficient (Wildman–Crippen LogP) is 2.98. The first-order valence-corrected chi connectivity index (χ1v) is 12.6. The van der Waals surface area contributed by atoms with E-state index in [1.54, 1.807) is 10.9 Å². The van der Waals surface area contributed by atoms with Crippen molar-refractivity contribution in [2.24, 2.45) is 11.7 Å². The highest BCUT2D eigenvalue weighted by Crippen LogP contribution is 2.36. The molecule has 2 aliphatic heterocycles. The van der Waals surface area contributed by atoms with Gasteiger partial charge < -0.3 is 11.1 Å². The summed E-state index contributed by atoms with van der Waals surface area (Å²) in [6.07, 6.45) is 5.07. The van der Waals surface area contributed by atoms with Crippen LogP contribution in [0.2, 0.25) is 0 Å². The number of anilines is 1. The zero-order chi connectivity index (χ0) is 23.0. The van der Waals surface area contributed by atoms with E-state index in [-0.39, 0.29) is 29.6 Å². The number of carbonyl (C=O) groups excluding carboxylic acids is 2. The first-order chi connectivity index (χ1) is 16.0. The SMILES string of the molecule is N#CCC1(n2cc(C(N)=O)c(NC(=O)C3CC3)n2)CCN(Cc2ccc3c(c2)CSC3)CC1. The third-order valence-corrected chi connectivity index (χ3v) is 8.07. The molecule has 1 saturated carbocycles. The fourth-order valence-electron chi connectivity index (χ4n) is 4.80. The van der Waals surface area contributed by atoms with E-state index in [0.29, 0.717) is 0 Å². The Morgan fingerprint density at radius 1 is 1.24 bits per heavy atom. The molecule has 0 spiro atoms. The van der Waals surface area contributed by atoms with Crippen LogP contribution in [0.3, 0.4) is 0 Å². The van der Waals surface area contributed by atoms with Crippen molar-refractivity contribution >= 4 is 29.4 Å². The van der Waals surface area contributed by atoms with Crippen molar-refractivity contribution in [2.45, 2.75) is 55.7 Å². The van der Waals surface area contributed by atoms with E-state index in [2.05, 4.69) is 39.6 Å². The summed E-state index contributed by atoms with van der Waals surface area (Å²) >= 11 is 1.96. The van der Waals surface area contributed by atoms with Crippen molar-refractivity contribution < 1.29 is 9.59 Å². The normalized spacial score (nSPS) is 19.6. The first-order valence-electron chi connectivity index (χ1n) is 11.5. The molecule has 0 unspecified atom stereocenters.